The van der Waals surface area contributed by atoms with E-state index >= 15 is 0 Å². The van der Waals surface area contributed by atoms with Gasteiger partial charge in [-0.15, -0.1) is 0 Å². The molecule has 0 spiro atoms. The minimum absolute atomic E-state index is 0.725. The fourth-order valence-electron chi connectivity index (χ4n) is 1.51. The first-order chi connectivity index (χ1) is 7.68. The van der Waals surface area contributed by atoms with Crippen molar-refractivity contribution in [2.45, 2.75) is 27.3 Å². The van der Waals surface area contributed by atoms with Gasteiger partial charge in [0.15, 0.2) is 0 Å². The molecule has 2 N–H and O–H groups in total. The molecule has 0 aliphatic rings. The summed E-state index contributed by atoms with van der Waals surface area (Å²) in [7, 11) is 0. The van der Waals surface area contributed by atoms with E-state index in [0.717, 1.165) is 37.8 Å². The van der Waals surface area contributed by atoms with Crippen LogP contribution in [0.5, 0.6) is 0 Å². The molecule has 90 valence electrons. The summed E-state index contributed by atoms with van der Waals surface area (Å²) < 4.78 is 0. The molecule has 0 aliphatic heterocycles. The third-order valence-corrected chi connectivity index (χ3v) is 2.32. The van der Waals surface area contributed by atoms with Crippen LogP contribution in [0.3, 0.4) is 0 Å². The smallest absolute Gasteiger partial charge is 0.0375 e. The highest BCUT2D eigenvalue weighted by Gasteiger charge is 1.94. The molecule has 1 rings (SSSR count). The summed E-state index contributed by atoms with van der Waals surface area (Å²) in [5.74, 6) is 0.725. The molecule has 0 aliphatic carbocycles. The number of rotatable bonds is 7. The molecule has 0 saturated heterocycles. The Balaban J connectivity index is 2.07. The third kappa shape index (κ3) is 5.83. The molecule has 0 amide bonds. The molecule has 0 fully saturated rings. The van der Waals surface area contributed by atoms with E-state index in [9.17, 15) is 0 Å². The minimum atomic E-state index is 0.725. The average molecular weight is 221 g/mol. The molecule has 0 atom stereocenters. The van der Waals surface area contributed by atoms with Crippen LogP contribution in [0, 0.1) is 12.8 Å². The zero-order valence-corrected chi connectivity index (χ0v) is 10.6. The Morgan fingerprint density at radius 2 is 2.00 bits per heavy atom. The maximum Gasteiger partial charge on any atom is 0.0375 e. The van der Waals surface area contributed by atoms with E-state index in [0.29, 0.717) is 0 Å². The predicted octanol–water partition coefficient (Wildman–Crippen LogP) is 1.73. The van der Waals surface area contributed by atoms with Crippen molar-refractivity contribution < 1.29 is 0 Å². The molecule has 0 unspecified atom stereocenters. The van der Waals surface area contributed by atoms with Crippen LogP contribution in [-0.2, 0) is 6.54 Å². The topological polar surface area (TPSA) is 37.0 Å². The first-order valence-electron chi connectivity index (χ1n) is 6.01. The second-order valence-electron chi connectivity index (χ2n) is 4.58. The van der Waals surface area contributed by atoms with Crippen molar-refractivity contribution in [3.05, 3.63) is 29.6 Å². The monoisotopic (exact) mass is 221 g/mol. The van der Waals surface area contributed by atoms with Gasteiger partial charge in [-0.05, 0) is 37.1 Å². The Hall–Kier alpha value is -0.930. The van der Waals surface area contributed by atoms with Gasteiger partial charge in [-0.2, -0.15) is 0 Å². The Labute approximate surface area is 98.7 Å². The third-order valence-electron chi connectivity index (χ3n) is 2.32. The fraction of sp³-hybridized carbons (Fsp3) is 0.615. The van der Waals surface area contributed by atoms with Crippen molar-refractivity contribution in [1.29, 1.82) is 0 Å². The van der Waals surface area contributed by atoms with Crippen LogP contribution in [-0.4, -0.2) is 24.6 Å². The molecular weight excluding hydrogens is 198 g/mol. The average Bonchev–Trinajstić information content (AvgIpc) is 2.23. The number of aromatic nitrogens is 1. The molecule has 0 bridgehead atoms. The fourth-order valence-corrected chi connectivity index (χ4v) is 1.51. The Kier molecular flexibility index (Phi) is 6.04. The molecule has 3 nitrogen and oxygen atoms in total. The second-order valence-corrected chi connectivity index (χ2v) is 4.58. The number of nitrogens with one attached hydrogen (secondary N) is 2. The summed E-state index contributed by atoms with van der Waals surface area (Å²) in [5, 5.41) is 6.82. The standard InChI is InChI=1S/C13H23N3/c1-11(2)9-14-6-7-15-10-13-4-5-16-12(3)8-13/h4-5,8,11,14-15H,6-7,9-10H2,1-3H3. The van der Waals surface area contributed by atoms with Gasteiger partial charge in [-0.1, -0.05) is 13.8 Å². The van der Waals surface area contributed by atoms with Crippen LogP contribution in [0.15, 0.2) is 18.3 Å². The van der Waals surface area contributed by atoms with Gasteiger partial charge in [0.25, 0.3) is 0 Å². The summed E-state index contributed by atoms with van der Waals surface area (Å²) in [6, 6.07) is 4.18. The number of hydrogen-bond acceptors (Lipinski definition) is 3. The lowest BCUT2D eigenvalue weighted by atomic mass is 10.2. The minimum Gasteiger partial charge on any atom is -0.315 e. The highest BCUT2D eigenvalue weighted by atomic mass is 14.9. The lowest BCUT2D eigenvalue weighted by molar-refractivity contribution is 0.535. The Morgan fingerprint density at radius 3 is 2.69 bits per heavy atom. The van der Waals surface area contributed by atoms with E-state index in [1.165, 1.54) is 5.56 Å². The quantitative estimate of drug-likeness (QED) is 0.688. The lowest BCUT2D eigenvalue weighted by Crippen LogP contribution is -2.29. The van der Waals surface area contributed by atoms with Crippen LogP contribution < -0.4 is 10.6 Å². The van der Waals surface area contributed by atoms with Crippen molar-refractivity contribution in [3.8, 4) is 0 Å². The zero-order chi connectivity index (χ0) is 11.8. The highest BCUT2D eigenvalue weighted by Crippen LogP contribution is 1.99. The largest absolute Gasteiger partial charge is 0.315 e. The van der Waals surface area contributed by atoms with E-state index in [1.54, 1.807) is 0 Å². The van der Waals surface area contributed by atoms with E-state index in [2.05, 4.69) is 41.6 Å². The normalized spacial score (nSPS) is 11.0. The lowest BCUT2D eigenvalue weighted by Gasteiger charge is -2.08. The first kappa shape index (κ1) is 13.1. The van der Waals surface area contributed by atoms with E-state index < -0.39 is 0 Å². The summed E-state index contributed by atoms with van der Waals surface area (Å²) >= 11 is 0. The number of aryl methyl sites for hydroxylation is 1. The molecule has 0 aromatic carbocycles. The molecule has 16 heavy (non-hydrogen) atoms. The van der Waals surface area contributed by atoms with Gasteiger partial charge in [0, 0.05) is 31.5 Å². The van der Waals surface area contributed by atoms with Crippen LogP contribution >= 0.6 is 0 Å². The molecule has 1 aromatic rings. The Bertz CT molecular complexity index is 297. The van der Waals surface area contributed by atoms with Crippen LogP contribution in [0.1, 0.15) is 25.1 Å². The van der Waals surface area contributed by atoms with Crippen molar-refractivity contribution in [2.75, 3.05) is 19.6 Å². The van der Waals surface area contributed by atoms with Crippen molar-refractivity contribution >= 4 is 0 Å². The maximum absolute atomic E-state index is 4.18. The molecule has 0 saturated carbocycles. The number of pyridine rings is 1. The van der Waals surface area contributed by atoms with Crippen molar-refractivity contribution in [3.63, 3.8) is 0 Å². The SMILES string of the molecule is Cc1cc(CNCCNCC(C)C)ccn1. The molecule has 0 radical (unpaired) electrons. The molecule has 1 heterocycles. The van der Waals surface area contributed by atoms with E-state index in [4.69, 9.17) is 0 Å². The van der Waals surface area contributed by atoms with E-state index in [1.807, 2.05) is 13.1 Å². The molecule has 1 aromatic heterocycles. The van der Waals surface area contributed by atoms with Gasteiger partial charge in [-0.25, -0.2) is 0 Å². The highest BCUT2D eigenvalue weighted by molar-refractivity contribution is 5.14. The van der Waals surface area contributed by atoms with Crippen LogP contribution in [0.4, 0.5) is 0 Å². The summed E-state index contributed by atoms with van der Waals surface area (Å²) in [5.41, 5.74) is 2.38. The maximum atomic E-state index is 4.18. The van der Waals surface area contributed by atoms with Crippen LogP contribution in [0.25, 0.3) is 0 Å². The summed E-state index contributed by atoms with van der Waals surface area (Å²) in [6.07, 6.45) is 1.86. The summed E-state index contributed by atoms with van der Waals surface area (Å²) in [6.45, 7) is 10.5. The van der Waals surface area contributed by atoms with E-state index in [-0.39, 0.29) is 0 Å². The van der Waals surface area contributed by atoms with Gasteiger partial charge in [0.2, 0.25) is 0 Å². The van der Waals surface area contributed by atoms with Crippen LogP contribution in [0.2, 0.25) is 0 Å². The second kappa shape index (κ2) is 7.36. The van der Waals surface area contributed by atoms with Crippen molar-refractivity contribution in [1.82, 2.24) is 15.6 Å². The number of nitrogens with zero attached hydrogens (tertiary/aromatic N) is 1. The van der Waals surface area contributed by atoms with Crippen molar-refractivity contribution in [2.24, 2.45) is 5.92 Å². The van der Waals surface area contributed by atoms with Gasteiger partial charge in [0.1, 0.15) is 0 Å². The van der Waals surface area contributed by atoms with Gasteiger partial charge >= 0.3 is 0 Å². The summed E-state index contributed by atoms with van der Waals surface area (Å²) in [4.78, 5) is 4.18. The van der Waals surface area contributed by atoms with Gasteiger partial charge < -0.3 is 10.6 Å². The number of hydrogen-bond donors (Lipinski definition) is 2. The molecule has 3 heteroatoms. The zero-order valence-electron chi connectivity index (χ0n) is 10.6. The first-order valence-corrected chi connectivity index (χ1v) is 6.01. The predicted molar refractivity (Wildman–Crippen MR) is 68.4 cm³/mol. The Morgan fingerprint density at radius 1 is 1.25 bits per heavy atom. The van der Waals surface area contributed by atoms with Gasteiger partial charge in [-0.3, -0.25) is 4.98 Å². The van der Waals surface area contributed by atoms with Gasteiger partial charge in [0.05, 0.1) is 0 Å². The molecular formula is C13H23N3.